The van der Waals surface area contributed by atoms with Crippen LogP contribution in [0.4, 0.5) is 0 Å². The first-order valence-electron chi connectivity index (χ1n) is 9.31. The maximum absolute atomic E-state index is 12.5. The molecule has 2 aromatic heterocycles. The lowest BCUT2D eigenvalue weighted by molar-refractivity contribution is -0.130. The predicted molar refractivity (Wildman–Crippen MR) is 118 cm³/mol. The summed E-state index contributed by atoms with van der Waals surface area (Å²) >= 11 is 3.53. The van der Waals surface area contributed by atoms with Crippen molar-refractivity contribution in [1.29, 1.82) is 0 Å². The highest BCUT2D eigenvalue weighted by atomic mass is 32.1. The summed E-state index contributed by atoms with van der Waals surface area (Å²) in [5.74, 6) is 1.09. The molecule has 0 radical (unpaired) electrons. The Bertz CT molecular complexity index is 966. The van der Waals surface area contributed by atoms with Crippen molar-refractivity contribution in [2.24, 2.45) is 0 Å². The normalized spacial score (nSPS) is 16.8. The van der Waals surface area contributed by atoms with Crippen molar-refractivity contribution >= 4 is 38.7 Å². The Balaban J connectivity index is 0.00000102. The number of thiophene rings is 2. The van der Waals surface area contributed by atoms with Gasteiger partial charge in [-0.25, -0.2) is 0 Å². The molecule has 4 rings (SSSR count). The smallest absolute Gasteiger partial charge is 0.230 e. The van der Waals surface area contributed by atoms with E-state index >= 15 is 0 Å². The van der Waals surface area contributed by atoms with Crippen molar-refractivity contribution in [2.75, 3.05) is 7.05 Å². The second kappa shape index (κ2) is 8.28. The monoisotopic (exact) mass is 398 g/mol. The van der Waals surface area contributed by atoms with Gasteiger partial charge < -0.3 is 10.2 Å². The number of nitrogens with one attached hydrogen (secondary N) is 1. The van der Waals surface area contributed by atoms with Crippen molar-refractivity contribution in [3.63, 3.8) is 0 Å². The quantitative estimate of drug-likeness (QED) is 0.542. The number of allylic oxidation sites excluding steroid dienone is 1. The lowest BCUT2D eigenvalue weighted by Gasteiger charge is -2.34. The maximum atomic E-state index is 12.5. The predicted octanol–water partition coefficient (Wildman–Crippen LogP) is 6.40. The van der Waals surface area contributed by atoms with E-state index in [-0.39, 0.29) is 11.9 Å². The molecule has 3 aromatic rings. The number of hydrogen-bond acceptors (Lipinski definition) is 4. The molecule has 3 nitrogen and oxygen atoms in total. The molecule has 142 valence electrons. The average Bonchev–Trinajstić information content (AvgIpc) is 3.34. The number of amides is 1. The van der Waals surface area contributed by atoms with Gasteiger partial charge in [0, 0.05) is 22.2 Å². The van der Waals surface area contributed by atoms with Crippen LogP contribution in [0.15, 0.2) is 52.5 Å². The Morgan fingerprint density at radius 3 is 2.59 bits per heavy atom. The van der Waals surface area contributed by atoms with Crippen LogP contribution >= 0.6 is 22.7 Å². The molecule has 1 aliphatic heterocycles. The number of carbonyl (C=O) groups is 1. The number of fused-ring (bicyclic) bond motifs is 1. The Labute approximate surface area is 169 Å². The van der Waals surface area contributed by atoms with Gasteiger partial charge in [0.25, 0.3) is 0 Å². The van der Waals surface area contributed by atoms with Gasteiger partial charge in [-0.1, -0.05) is 38.1 Å². The van der Waals surface area contributed by atoms with Crippen molar-refractivity contribution in [3.05, 3.63) is 58.0 Å². The minimum Gasteiger partial charge on any atom is -0.364 e. The minimum atomic E-state index is 0.0286. The van der Waals surface area contributed by atoms with Crippen LogP contribution in [-0.4, -0.2) is 17.9 Å². The van der Waals surface area contributed by atoms with Gasteiger partial charge in [0.2, 0.25) is 5.91 Å². The lowest BCUT2D eigenvalue weighted by atomic mass is 9.98. The fraction of sp³-hybridized carbons (Fsp3) is 0.318. The Hall–Kier alpha value is -2.11. The average molecular weight is 399 g/mol. The third-order valence-corrected chi connectivity index (χ3v) is 6.62. The molecule has 3 heterocycles. The van der Waals surface area contributed by atoms with Crippen molar-refractivity contribution in [1.82, 2.24) is 10.2 Å². The molecule has 0 saturated carbocycles. The van der Waals surface area contributed by atoms with E-state index in [0.717, 1.165) is 11.4 Å². The number of rotatable bonds is 2. The lowest BCUT2D eigenvalue weighted by Crippen LogP contribution is -2.43. The second-order valence-corrected chi connectivity index (χ2v) is 8.38. The van der Waals surface area contributed by atoms with Crippen LogP contribution in [0.25, 0.3) is 20.5 Å². The van der Waals surface area contributed by atoms with Gasteiger partial charge in [-0.3, -0.25) is 4.79 Å². The standard InChI is InChI=1S/C20H20N2OS2.C2H6/c1-12(2)20-21-16(10-18(23)22(20)3)15-11-25-19-13(15)6-4-7-14(19)17-8-5-9-24-17;1-2/h4-9,11,16,21H,10H2,1-3H3;1-2H3. The largest absolute Gasteiger partial charge is 0.364 e. The molecule has 0 spiro atoms. The van der Waals surface area contributed by atoms with Gasteiger partial charge in [0.1, 0.15) is 5.82 Å². The van der Waals surface area contributed by atoms with E-state index < -0.39 is 0 Å². The van der Waals surface area contributed by atoms with Gasteiger partial charge in [-0.15, -0.1) is 22.7 Å². The third kappa shape index (κ3) is 3.66. The Morgan fingerprint density at radius 1 is 1.15 bits per heavy atom. The van der Waals surface area contributed by atoms with E-state index in [1.165, 1.54) is 26.1 Å². The van der Waals surface area contributed by atoms with Crippen LogP contribution in [0.1, 0.15) is 45.7 Å². The molecule has 1 amide bonds. The molecule has 1 atom stereocenters. The van der Waals surface area contributed by atoms with Gasteiger partial charge >= 0.3 is 0 Å². The molecule has 27 heavy (non-hydrogen) atoms. The molecular formula is C22H26N2OS2. The molecule has 1 aliphatic rings. The van der Waals surface area contributed by atoms with Crippen molar-refractivity contribution in [3.8, 4) is 10.4 Å². The zero-order chi connectivity index (χ0) is 19.6. The fourth-order valence-electron chi connectivity index (χ4n) is 3.39. The van der Waals surface area contributed by atoms with Gasteiger partial charge in [0.15, 0.2) is 0 Å². The molecule has 0 bridgehead atoms. The fourth-order valence-corrected chi connectivity index (χ4v) is 5.37. The summed E-state index contributed by atoms with van der Waals surface area (Å²) in [5.41, 5.74) is 3.63. The van der Waals surface area contributed by atoms with Crippen molar-refractivity contribution < 1.29 is 4.79 Å². The number of carbonyl (C=O) groups excluding carboxylic acids is 1. The summed E-state index contributed by atoms with van der Waals surface area (Å²) < 4.78 is 1.30. The van der Waals surface area contributed by atoms with Gasteiger partial charge in [-0.05, 0) is 47.2 Å². The SMILES string of the molecule is CC.CC(C)=C1NC(c2csc3c(-c4cccs4)cccc23)CC(=O)N1C. The van der Waals surface area contributed by atoms with Crippen LogP contribution in [-0.2, 0) is 4.79 Å². The first-order chi connectivity index (χ1) is 13.1. The number of hydrogen-bond donors (Lipinski definition) is 1. The zero-order valence-electron chi connectivity index (χ0n) is 16.5. The van der Waals surface area contributed by atoms with Crippen LogP contribution in [0.3, 0.4) is 0 Å². The summed E-state index contributed by atoms with van der Waals surface area (Å²) in [7, 11) is 1.84. The highest BCUT2D eigenvalue weighted by molar-refractivity contribution is 7.19. The minimum absolute atomic E-state index is 0.0286. The molecule has 1 unspecified atom stereocenters. The highest BCUT2D eigenvalue weighted by Gasteiger charge is 2.30. The summed E-state index contributed by atoms with van der Waals surface area (Å²) in [6.07, 6.45) is 0.488. The van der Waals surface area contributed by atoms with Crippen LogP contribution < -0.4 is 5.32 Å². The first kappa shape index (κ1) is 19.6. The maximum Gasteiger partial charge on any atom is 0.230 e. The summed E-state index contributed by atoms with van der Waals surface area (Å²) in [4.78, 5) is 15.5. The van der Waals surface area contributed by atoms with Crippen LogP contribution in [0, 0.1) is 0 Å². The summed E-state index contributed by atoms with van der Waals surface area (Å²) in [6, 6.07) is 10.8. The highest BCUT2D eigenvalue weighted by Crippen LogP contribution is 2.40. The van der Waals surface area contributed by atoms with E-state index in [1.807, 2.05) is 34.7 Å². The number of nitrogens with zero attached hydrogens (tertiary/aromatic N) is 1. The van der Waals surface area contributed by atoms with E-state index in [2.05, 4.69) is 46.4 Å². The zero-order valence-corrected chi connectivity index (χ0v) is 18.1. The molecular weight excluding hydrogens is 372 g/mol. The molecule has 0 aliphatic carbocycles. The third-order valence-electron chi connectivity index (χ3n) is 4.66. The molecule has 1 saturated heterocycles. The van der Waals surface area contributed by atoms with E-state index in [9.17, 15) is 4.79 Å². The van der Waals surface area contributed by atoms with Crippen molar-refractivity contribution in [2.45, 2.75) is 40.2 Å². The van der Waals surface area contributed by atoms with Crippen LogP contribution in [0.2, 0.25) is 0 Å². The number of benzene rings is 1. The topological polar surface area (TPSA) is 32.3 Å². The van der Waals surface area contributed by atoms with E-state index in [1.54, 1.807) is 27.6 Å². The molecule has 1 aromatic carbocycles. The summed E-state index contributed by atoms with van der Waals surface area (Å²) in [6.45, 7) is 8.07. The Morgan fingerprint density at radius 2 is 1.93 bits per heavy atom. The Kier molecular flexibility index (Phi) is 6.02. The van der Waals surface area contributed by atoms with E-state index in [4.69, 9.17) is 0 Å². The molecule has 1 fully saturated rings. The van der Waals surface area contributed by atoms with Crippen LogP contribution in [0.5, 0.6) is 0 Å². The molecule has 5 heteroatoms. The second-order valence-electron chi connectivity index (χ2n) is 6.55. The first-order valence-corrected chi connectivity index (χ1v) is 11.1. The summed E-state index contributed by atoms with van der Waals surface area (Å²) in [5, 5.41) is 9.15. The molecule has 1 N–H and O–H groups in total. The van der Waals surface area contributed by atoms with Gasteiger partial charge in [0.05, 0.1) is 12.5 Å². The van der Waals surface area contributed by atoms with Gasteiger partial charge in [-0.2, -0.15) is 0 Å². The van der Waals surface area contributed by atoms with E-state index in [0.29, 0.717) is 6.42 Å².